The van der Waals surface area contributed by atoms with Crippen LogP contribution in [-0.2, 0) is 4.79 Å². The Labute approximate surface area is 210 Å². The summed E-state index contributed by atoms with van der Waals surface area (Å²) >= 11 is 0. The molecule has 2 N–H and O–H groups in total. The van der Waals surface area contributed by atoms with Crippen molar-refractivity contribution in [2.24, 2.45) is 0 Å². The average Bonchev–Trinajstić information content (AvgIpc) is 2.92. The van der Waals surface area contributed by atoms with Gasteiger partial charge in [-0.3, -0.25) is 14.5 Å². The SMILES string of the molecule is CC(CNC(=O)c1ccccc1OCC(=O)Nc1ccccc1F)N1CCN(c2ccccc2)CC1. The van der Waals surface area contributed by atoms with Gasteiger partial charge in [0.05, 0.1) is 11.3 Å². The number of carbonyl (C=O) groups excluding carboxylic acids is 2. The smallest absolute Gasteiger partial charge is 0.262 e. The van der Waals surface area contributed by atoms with E-state index in [1.54, 1.807) is 36.4 Å². The minimum atomic E-state index is -0.527. The van der Waals surface area contributed by atoms with Crippen LogP contribution in [0.25, 0.3) is 0 Å². The van der Waals surface area contributed by atoms with Crippen LogP contribution in [0.4, 0.5) is 15.8 Å². The molecular formula is C28H31FN4O3. The maximum absolute atomic E-state index is 13.8. The van der Waals surface area contributed by atoms with Gasteiger partial charge in [-0.25, -0.2) is 4.39 Å². The van der Waals surface area contributed by atoms with Crippen LogP contribution in [0.1, 0.15) is 17.3 Å². The first-order valence-electron chi connectivity index (χ1n) is 12.1. The molecule has 0 aromatic heterocycles. The zero-order chi connectivity index (χ0) is 25.3. The fourth-order valence-corrected chi connectivity index (χ4v) is 4.20. The lowest BCUT2D eigenvalue weighted by atomic mass is 10.1. The first kappa shape index (κ1) is 25.2. The molecule has 3 aromatic rings. The molecule has 0 bridgehead atoms. The lowest BCUT2D eigenvalue weighted by Gasteiger charge is -2.39. The quantitative estimate of drug-likeness (QED) is 0.478. The highest BCUT2D eigenvalue weighted by Crippen LogP contribution is 2.19. The molecule has 7 nitrogen and oxygen atoms in total. The summed E-state index contributed by atoms with van der Waals surface area (Å²) in [6, 6.07) is 23.2. The van der Waals surface area contributed by atoms with Gasteiger partial charge in [0.15, 0.2) is 6.61 Å². The van der Waals surface area contributed by atoms with Gasteiger partial charge >= 0.3 is 0 Å². The van der Waals surface area contributed by atoms with Crippen molar-refractivity contribution >= 4 is 23.2 Å². The van der Waals surface area contributed by atoms with E-state index in [2.05, 4.69) is 51.6 Å². The number of halogens is 1. The molecule has 1 aliphatic heterocycles. The van der Waals surface area contributed by atoms with Gasteiger partial charge in [0.25, 0.3) is 11.8 Å². The van der Waals surface area contributed by atoms with E-state index in [1.165, 1.54) is 17.8 Å². The number of hydrogen-bond donors (Lipinski definition) is 2. The van der Waals surface area contributed by atoms with E-state index in [1.807, 2.05) is 6.07 Å². The number of nitrogens with one attached hydrogen (secondary N) is 2. The molecule has 8 heteroatoms. The Balaban J connectivity index is 1.26. The highest BCUT2D eigenvalue weighted by atomic mass is 19.1. The lowest BCUT2D eigenvalue weighted by Crippen LogP contribution is -2.52. The number of nitrogens with zero attached hydrogens (tertiary/aromatic N) is 2. The number of anilines is 2. The molecule has 2 amide bonds. The number of benzene rings is 3. The van der Waals surface area contributed by atoms with Gasteiger partial charge in [-0.15, -0.1) is 0 Å². The van der Waals surface area contributed by atoms with Crippen molar-refractivity contribution in [1.29, 1.82) is 0 Å². The minimum absolute atomic E-state index is 0.0794. The number of amides is 2. The van der Waals surface area contributed by atoms with Gasteiger partial charge in [-0.2, -0.15) is 0 Å². The van der Waals surface area contributed by atoms with Gasteiger partial charge in [0.2, 0.25) is 0 Å². The largest absolute Gasteiger partial charge is 0.483 e. The summed E-state index contributed by atoms with van der Waals surface area (Å²) in [5.74, 6) is -1.02. The van der Waals surface area contributed by atoms with Crippen LogP contribution >= 0.6 is 0 Å². The Morgan fingerprint density at radius 1 is 0.917 bits per heavy atom. The van der Waals surface area contributed by atoms with E-state index in [-0.39, 0.29) is 24.2 Å². The van der Waals surface area contributed by atoms with Gasteiger partial charge < -0.3 is 20.3 Å². The van der Waals surface area contributed by atoms with Gasteiger partial charge in [0.1, 0.15) is 11.6 Å². The number of carbonyl (C=O) groups is 2. The van der Waals surface area contributed by atoms with Crippen molar-refractivity contribution in [2.45, 2.75) is 13.0 Å². The first-order chi connectivity index (χ1) is 17.5. The summed E-state index contributed by atoms with van der Waals surface area (Å²) in [7, 11) is 0. The van der Waals surface area contributed by atoms with E-state index < -0.39 is 11.7 Å². The Hall–Kier alpha value is -3.91. The van der Waals surface area contributed by atoms with Crippen LogP contribution in [0.2, 0.25) is 0 Å². The van der Waals surface area contributed by atoms with Crippen LogP contribution < -0.4 is 20.3 Å². The Bertz CT molecular complexity index is 1170. The monoisotopic (exact) mass is 490 g/mol. The number of ether oxygens (including phenoxy) is 1. The highest BCUT2D eigenvalue weighted by molar-refractivity contribution is 5.97. The molecule has 36 heavy (non-hydrogen) atoms. The van der Waals surface area contributed by atoms with Gasteiger partial charge in [-0.1, -0.05) is 42.5 Å². The third kappa shape index (κ3) is 6.60. The topological polar surface area (TPSA) is 73.9 Å². The molecular weight excluding hydrogens is 459 g/mol. The second kappa shape index (κ2) is 12.2. The molecule has 1 aliphatic rings. The van der Waals surface area contributed by atoms with Crippen molar-refractivity contribution in [1.82, 2.24) is 10.2 Å². The molecule has 1 unspecified atom stereocenters. The Morgan fingerprint density at radius 3 is 2.33 bits per heavy atom. The number of piperazine rings is 1. The number of hydrogen-bond acceptors (Lipinski definition) is 5. The Kier molecular flexibility index (Phi) is 8.52. The molecule has 3 aromatic carbocycles. The summed E-state index contributed by atoms with van der Waals surface area (Å²) in [6.07, 6.45) is 0. The fourth-order valence-electron chi connectivity index (χ4n) is 4.20. The average molecular weight is 491 g/mol. The summed E-state index contributed by atoms with van der Waals surface area (Å²) in [5, 5.41) is 5.46. The van der Waals surface area contributed by atoms with E-state index in [9.17, 15) is 14.0 Å². The summed E-state index contributed by atoms with van der Waals surface area (Å²) in [5.41, 5.74) is 1.66. The zero-order valence-corrected chi connectivity index (χ0v) is 20.3. The highest BCUT2D eigenvalue weighted by Gasteiger charge is 2.22. The van der Waals surface area contributed by atoms with Gasteiger partial charge in [0, 0.05) is 44.5 Å². The van der Waals surface area contributed by atoms with Crippen molar-refractivity contribution < 1.29 is 18.7 Å². The van der Waals surface area contributed by atoms with E-state index in [4.69, 9.17) is 4.74 Å². The normalized spacial score (nSPS) is 14.7. The molecule has 0 spiro atoms. The van der Waals surface area contributed by atoms with Crippen LogP contribution in [0.5, 0.6) is 5.75 Å². The van der Waals surface area contributed by atoms with Crippen LogP contribution in [0.3, 0.4) is 0 Å². The van der Waals surface area contributed by atoms with Crippen LogP contribution in [0.15, 0.2) is 78.9 Å². The first-order valence-corrected chi connectivity index (χ1v) is 12.1. The van der Waals surface area contributed by atoms with Gasteiger partial charge in [-0.05, 0) is 43.3 Å². The van der Waals surface area contributed by atoms with Crippen molar-refractivity contribution in [3.8, 4) is 5.75 Å². The van der Waals surface area contributed by atoms with E-state index in [0.29, 0.717) is 17.9 Å². The summed E-state index contributed by atoms with van der Waals surface area (Å²) in [4.78, 5) is 29.9. The van der Waals surface area contributed by atoms with Crippen molar-refractivity contribution in [2.75, 3.05) is 49.5 Å². The summed E-state index contributed by atoms with van der Waals surface area (Å²) in [6.45, 7) is 5.97. The molecule has 188 valence electrons. The molecule has 0 aliphatic carbocycles. The predicted octanol–water partition coefficient (Wildman–Crippen LogP) is 3.78. The molecule has 0 radical (unpaired) electrons. The third-order valence-electron chi connectivity index (χ3n) is 6.26. The maximum Gasteiger partial charge on any atom is 0.262 e. The van der Waals surface area contributed by atoms with Crippen molar-refractivity contribution in [3.05, 3.63) is 90.2 Å². The number of para-hydroxylation sites is 3. The van der Waals surface area contributed by atoms with E-state index in [0.717, 1.165) is 26.2 Å². The fraction of sp³-hybridized carbons (Fsp3) is 0.286. The standard InChI is InChI=1S/C28H31FN4O3/c1-21(32-15-17-33(18-16-32)22-9-3-2-4-10-22)19-30-28(35)23-11-5-8-14-26(23)36-20-27(34)31-25-13-7-6-12-24(25)29/h2-14,21H,15-20H2,1H3,(H,30,35)(H,31,34). The van der Waals surface area contributed by atoms with Crippen molar-refractivity contribution in [3.63, 3.8) is 0 Å². The number of rotatable bonds is 9. The second-order valence-corrected chi connectivity index (χ2v) is 8.73. The second-order valence-electron chi connectivity index (χ2n) is 8.73. The molecule has 1 atom stereocenters. The predicted molar refractivity (Wildman–Crippen MR) is 139 cm³/mol. The molecule has 1 saturated heterocycles. The zero-order valence-electron chi connectivity index (χ0n) is 20.3. The van der Waals surface area contributed by atoms with E-state index >= 15 is 0 Å². The molecule has 4 rings (SSSR count). The van der Waals surface area contributed by atoms with Crippen LogP contribution in [-0.4, -0.2) is 62.1 Å². The molecule has 1 heterocycles. The Morgan fingerprint density at radius 2 is 1.58 bits per heavy atom. The van der Waals surface area contributed by atoms with Crippen LogP contribution in [0, 0.1) is 5.82 Å². The molecule has 1 fully saturated rings. The summed E-state index contributed by atoms with van der Waals surface area (Å²) < 4.78 is 19.3. The minimum Gasteiger partial charge on any atom is -0.483 e. The lowest BCUT2D eigenvalue weighted by molar-refractivity contribution is -0.118. The maximum atomic E-state index is 13.8. The molecule has 0 saturated carbocycles. The third-order valence-corrected chi connectivity index (χ3v) is 6.26.